The monoisotopic (exact) mass is 176 g/mol. The molecule has 1 aromatic rings. The minimum atomic E-state index is -0.359. The molecule has 68 valence electrons. The van der Waals surface area contributed by atoms with Crippen molar-refractivity contribution >= 4 is 5.91 Å². The molecule has 13 heavy (non-hydrogen) atoms. The number of benzene rings is 1. The van der Waals surface area contributed by atoms with E-state index in [0.717, 1.165) is 6.54 Å². The van der Waals surface area contributed by atoms with Crippen LogP contribution in [-0.4, -0.2) is 5.91 Å². The van der Waals surface area contributed by atoms with Crippen LogP contribution in [0.25, 0.3) is 0 Å². The number of fused-ring (bicyclic) bond motifs is 1. The van der Waals surface area contributed by atoms with E-state index in [1.54, 1.807) is 6.07 Å². The quantitative estimate of drug-likeness (QED) is 0.669. The lowest BCUT2D eigenvalue weighted by molar-refractivity contribution is 0.1000. The van der Waals surface area contributed by atoms with Gasteiger partial charge in [0.25, 0.3) is 0 Å². The number of carbonyl (C=O) groups is 1. The van der Waals surface area contributed by atoms with Crippen LogP contribution in [0, 0.1) is 0 Å². The van der Waals surface area contributed by atoms with Crippen LogP contribution in [0.4, 0.5) is 0 Å². The van der Waals surface area contributed by atoms with E-state index < -0.39 is 0 Å². The fourth-order valence-electron chi connectivity index (χ4n) is 1.69. The molecule has 0 unspecified atom stereocenters. The second kappa shape index (κ2) is 2.85. The molecule has 1 aliphatic rings. The maximum Gasteiger partial charge on any atom is 0.248 e. The van der Waals surface area contributed by atoms with Crippen LogP contribution in [0.2, 0.25) is 0 Å². The van der Waals surface area contributed by atoms with Gasteiger partial charge in [0.05, 0.1) is 0 Å². The summed E-state index contributed by atoms with van der Waals surface area (Å²) in [5, 5.41) is 3.30. The van der Waals surface area contributed by atoms with Crippen molar-refractivity contribution in [2.24, 2.45) is 5.73 Å². The van der Waals surface area contributed by atoms with Gasteiger partial charge < -0.3 is 11.1 Å². The molecule has 0 bridgehead atoms. The van der Waals surface area contributed by atoms with E-state index in [1.807, 2.05) is 12.1 Å². The van der Waals surface area contributed by atoms with Gasteiger partial charge in [0.15, 0.2) is 0 Å². The summed E-state index contributed by atoms with van der Waals surface area (Å²) in [6.07, 6.45) is 0. The van der Waals surface area contributed by atoms with Gasteiger partial charge in [-0.05, 0) is 30.2 Å². The average molecular weight is 176 g/mol. The first-order valence-electron chi connectivity index (χ1n) is 4.34. The van der Waals surface area contributed by atoms with Gasteiger partial charge in [-0.1, -0.05) is 6.07 Å². The molecule has 0 spiro atoms. The fourth-order valence-corrected chi connectivity index (χ4v) is 1.69. The van der Waals surface area contributed by atoms with Crippen LogP contribution < -0.4 is 11.1 Å². The predicted octanol–water partition coefficient (Wildman–Crippen LogP) is 0.950. The second-order valence-electron chi connectivity index (χ2n) is 3.38. The van der Waals surface area contributed by atoms with Crippen molar-refractivity contribution in [2.75, 3.05) is 0 Å². The van der Waals surface area contributed by atoms with Crippen molar-refractivity contribution in [3.05, 3.63) is 34.9 Å². The fraction of sp³-hybridized carbons (Fsp3) is 0.300. The summed E-state index contributed by atoms with van der Waals surface area (Å²) in [5.74, 6) is -0.359. The van der Waals surface area contributed by atoms with Crippen molar-refractivity contribution in [3.63, 3.8) is 0 Å². The molecule has 1 aliphatic heterocycles. The summed E-state index contributed by atoms with van der Waals surface area (Å²) < 4.78 is 0. The van der Waals surface area contributed by atoms with Crippen molar-refractivity contribution in [2.45, 2.75) is 19.5 Å². The van der Waals surface area contributed by atoms with Crippen molar-refractivity contribution in [3.8, 4) is 0 Å². The molecule has 1 aromatic carbocycles. The van der Waals surface area contributed by atoms with Gasteiger partial charge in [0.2, 0.25) is 5.91 Å². The predicted molar refractivity (Wildman–Crippen MR) is 50.2 cm³/mol. The molecule has 3 N–H and O–H groups in total. The molecule has 0 aliphatic carbocycles. The molecular formula is C10H12N2O. The minimum Gasteiger partial charge on any atom is -0.366 e. The van der Waals surface area contributed by atoms with Crippen LogP contribution in [-0.2, 0) is 6.54 Å². The topological polar surface area (TPSA) is 55.1 Å². The van der Waals surface area contributed by atoms with Gasteiger partial charge in [0.1, 0.15) is 0 Å². The number of hydrogen-bond acceptors (Lipinski definition) is 2. The van der Waals surface area contributed by atoms with Crippen LogP contribution in [0.15, 0.2) is 18.2 Å². The van der Waals surface area contributed by atoms with E-state index in [1.165, 1.54) is 11.1 Å². The normalized spacial score (nSPS) is 19.9. The first-order valence-corrected chi connectivity index (χ1v) is 4.34. The minimum absolute atomic E-state index is 0.328. The smallest absolute Gasteiger partial charge is 0.248 e. The van der Waals surface area contributed by atoms with Gasteiger partial charge in [-0.15, -0.1) is 0 Å². The Balaban J connectivity index is 2.47. The van der Waals surface area contributed by atoms with Crippen LogP contribution in [0.5, 0.6) is 0 Å². The number of carbonyl (C=O) groups excluding carboxylic acids is 1. The average Bonchev–Trinajstić information content (AvgIpc) is 2.47. The first kappa shape index (κ1) is 8.26. The largest absolute Gasteiger partial charge is 0.366 e. The van der Waals surface area contributed by atoms with E-state index >= 15 is 0 Å². The Morgan fingerprint density at radius 2 is 2.38 bits per heavy atom. The second-order valence-corrected chi connectivity index (χ2v) is 3.38. The Bertz CT molecular complexity index is 360. The van der Waals surface area contributed by atoms with Crippen LogP contribution in [0.3, 0.4) is 0 Å². The summed E-state index contributed by atoms with van der Waals surface area (Å²) in [7, 11) is 0. The Hall–Kier alpha value is -1.35. The van der Waals surface area contributed by atoms with Gasteiger partial charge in [0, 0.05) is 18.2 Å². The van der Waals surface area contributed by atoms with Gasteiger partial charge >= 0.3 is 0 Å². The third-order valence-corrected chi connectivity index (χ3v) is 2.50. The molecule has 1 heterocycles. The molecule has 2 rings (SSSR count). The summed E-state index contributed by atoms with van der Waals surface area (Å²) in [6, 6.07) is 5.95. The van der Waals surface area contributed by atoms with E-state index in [0.29, 0.717) is 11.6 Å². The Morgan fingerprint density at radius 1 is 1.62 bits per heavy atom. The summed E-state index contributed by atoms with van der Waals surface area (Å²) in [5.41, 5.74) is 8.24. The number of hydrogen-bond donors (Lipinski definition) is 2. The maximum atomic E-state index is 10.9. The molecule has 0 fully saturated rings. The molecule has 0 radical (unpaired) electrons. The molecule has 1 amide bonds. The first-order chi connectivity index (χ1) is 6.18. The lowest BCUT2D eigenvalue weighted by atomic mass is 10.0. The van der Waals surface area contributed by atoms with Gasteiger partial charge in [-0.3, -0.25) is 4.79 Å². The Labute approximate surface area is 76.9 Å². The molecule has 3 heteroatoms. The zero-order valence-corrected chi connectivity index (χ0v) is 7.50. The zero-order chi connectivity index (χ0) is 9.42. The maximum absolute atomic E-state index is 10.9. The van der Waals surface area contributed by atoms with Gasteiger partial charge in [-0.25, -0.2) is 0 Å². The molecular weight excluding hydrogens is 164 g/mol. The zero-order valence-electron chi connectivity index (χ0n) is 7.50. The van der Waals surface area contributed by atoms with E-state index in [4.69, 9.17) is 5.73 Å². The number of rotatable bonds is 1. The lowest BCUT2D eigenvalue weighted by Crippen LogP contribution is -2.11. The standard InChI is InChI=1S/C10H12N2O/c1-6-9-4-7(10(11)13)2-3-8(9)5-12-6/h2-4,6,12H,5H2,1H3,(H2,11,13)/t6-/m0/s1. The van der Waals surface area contributed by atoms with E-state index in [-0.39, 0.29) is 5.91 Å². The molecule has 3 nitrogen and oxygen atoms in total. The van der Waals surface area contributed by atoms with Crippen molar-refractivity contribution in [1.82, 2.24) is 5.32 Å². The summed E-state index contributed by atoms with van der Waals surface area (Å²) in [4.78, 5) is 10.9. The summed E-state index contributed by atoms with van der Waals surface area (Å²) in [6.45, 7) is 2.96. The lowest BCUT2D eigenvalue weighted by Gasteiger charge is -2.04. The highest BCUT2D eigenvalue weighted by Crippen LogP contribution is 2.25. The highest BCUT2D eigenvalue weighted by atomic mass is 16.1. The van der Waals surface area contributed by atoms with Crippen molar-refractivity contribution < 1.29 is 4.79 Å². The molecule has 1 atom stereocenters. The number of amides is 1. The molecule has 0 aromatic heterocycles. The highest BCUT2D eigenvalue weighted by Gasteiger charge is 2.18. The Morgan fingerprint density at radius 3 is 3.08 bits per heavy atom. The Kier molecular flexibility index (Phi) is 1.81. The SMILES string of the molecule is C[C@@H]1NCc2ccc(C(N)=O)cc21. The van der Waals surface area contributed by atoms with Crippen molar-refractivity contribution in [1.29, 1.82) is 0 Å². The molecule has 0 saturated carbocycles. The number of nitrogens with one attached hydrogen (secondary N) is 1. The van der Waals surface area contributed by atoms with Gasteiger partial charge in [-0.2, -0.15) is 0 Å². The number of nitrogens with two attached hydrogens (primary N) is 1. The van der Waals surface area contributed by atoms with E-state index in [2.05, 4.69) is 12.2 Å². The highest BCUT2D eigenvalue weighted by molar-refractivity contribution is 5.93. The summed E-state index contributed by atoms with van der Waals surface area (Å²) >= 11 is 0. The molecule has 0 saturated heterocycles. The number of primary amides is 1. The third kappa shape index (κ3) is 1.31. The third-order valence-electron chi connectivity index (χ3n) is 2.50. The van der Waals surface area contributed by atoms with E-state index in [9.17, 15) is 4.79 Å². The van der Waals surface area contributed by atoms with Crippen LogP contribution in [0.1, 0.15) is 34.5 Å². The van der Waals surface area contributed by atoms with Crippen LogP contribution >= 0.6 is 0 Å².